The van der Waals surface area contributed by atoms with Crippen LogP contribution in [0.15, 0.2) is 36.7 Å². The molecule has 0 unspecified atom stereocenters. The molecular formula is C15H16ClNO2. The van der Waals surface area contributed by atoms with E-state index in [1.54, 1.807) is 25.6 Å². The van der Waals surface area contributed by atoms with Gasteiger partial charge in [0.15, 0.2) is 0 Å². The summed E-state index contributed by atoms with van der Waals surface area (Å²) in [5.41, 5.74) is 1.11. The van der Waals surface area contributed by atoms with E-state index < -0.39 is 0 Å². The molecule has 19 heavy (non-hydrogen) atoms. The zero-order chi connectivity index (χ0) is 13.8. The Kier molecular flexibility index (Phi) is 4.27. The molecule has 0 radical (unpaired) electrons. The average molecular weight is 278 g/mol. The van der Waals surface area contributed by atoms with Crippen molar-refractivity contribution in [2.45, 2.75) is 19.8 Å². The first kappa shape index (κ1) is 13.7. The van der Waals surface area contributed by atoms with Crippen molar-refractivity contribution < 1.29 is 9.47 Å². The quantitative estimate of drug-likeness (QED) is 0.814. The van der Waals surface area contributed by atoms with Crippen LogP contribution in [-0.2, 0) is 0 Å². The van der Waals surface area contributed by atoms with E-state index in [-0.39, 0.29) is 0 Å². The fourth-order valence-corrected chi connectivity index (χ4v) is 2.13. The van der Waals surface area contributed by atoms with Gasteiger partial charge in [-0.3, -0.25) is 4.98 Å². The van der Waals surface area contributed by atoms with E-state index in [2.05, 4.69) is 18.8 Å². The van der Waals surface area contributed by atoms with Crippen LogP contribution in [0.25, 0.3) is 0 Å². The first-order valence-corrected chi connectivity index (χ1v) is 6.44. The van der Waals surface area contributed by atoms with E-state index in [1.807, 2.05) is 18.2 Å². The molecular weight excluding hydrogens is 262 g/mol. The Balaban J connectivity index is 2.21. The average Bonchev–Trinajstić information content (AvgIpc) is 2.38. The number of rotatable bonds is 4. The second kappa shape index (κ2) is 5.93. The highest BCUT2D eigenvalue weighted by molar-refractivity contribution is 6.31. The molecule has 4 heteroatoms. The second-order valence-corrected chi connectivity index (χ2v) is 4.91. The zero-order valence-electron chi connectivity index (χ0n) is 11.2. The molecule has 0 aliphatic rings. The van der Waals surface area contributed by atoms with Crippen LogP contribution in [0.3, 0.4) is 0 Å². The summed E-state index contributed by atoms with van der Waals surface area (Å²) in [5.74, 6) is 2.35. The summed E-state index contributed by atoms with van der Waals surface area (Å²) in [7, 11) is 1.59. The van der Waals surface area contributed by atoms with Crippen LogP contribution < -0.4 is 9.47 Å². The number of methoxy groups -OCH3 is 1. The van der Waals surface area contributed by atoms with Crippen LogP contribution in [0.5, 0.6) is 17.2 Å². The molecule has 0 aliphatic carbocycles. The monoisotopic (exact) mass is 277 g/mol. The van der Waals surface area contributed by atoms with Crippen LogP contribution in [0.1, 0.15) is 25.3 Å². The molecule has 100 valence electrons. The molecule has 3 nitrogen and oxygen atoms in total. The van der Waals surface area contributed by atoms with Gasteiger partial charge in [0.1, 0.15) is 17.2 Å². The van der Waals surface area contributed by atoms with Crippen molar-refractivity contribution in [3.8, 4) is 17.2 Å². The first-order chi connectivity index (χ1) is 9.10. The maximum atomic E-state index is 6.23. The van der Waals surface area contributed by atoms with Crippen LogP contribution in [0.4, 0.5) is 0 Å². The predicted octanol–water partition coefficient (Wildman–Crippen LogP) is 4.66. The molecule has 0 N–H and O–H groups in total. The van der Waals surface area contributed by atoms with E-state index in [0.29, 0.717) is 28.2 Å². The number of hydrogen-bond donors (Lipinski definition) is 0. The van der Waals surface area contributed by atoms with Gasteiger partial charge in [-0.15, -0.1) is 0 Å². The summed E-state index contributed by atoms with van der Waals surface area (Å²) in [4.78, 5) is 4.04. The second-order valence-electron chi connectivity index (χ2n) is 4.50. The highest BCUT2D eigenvalue weighted by Gasteiger charge is 2.07. The van der Waals surface area contributed by atoms with Gasteiger partial charge in [0.2, 0.25) is 0 Å². The highest BCUT2D eigenvalue weighted by atomic mass is 35.5. The molecule has 2 rings (SSSR count). The number of nitrogens with zero attached hydrogens (tertiary/aromatic N) is 1. The smallest absolute Gasteiger partial charge is 0.149 e. The number of pyridine rings is 1. The lowest BCUT2D eigenvalue weighted by Gasteiger charge is -2.11. The van der Waals surface area contributed by atoms with Gasteiger partial charge < -0.3 is 9.47 Å². The van der Waals surface area contributed by atoms with E-state index in [1.165, 1.54) is 0 Å². The Morgan fingerprint density at radius 1 is 1.05 bits per heavy atom. The Bertz CT molecular complexity index is 570. The fraction of sp³-hybridized carbons (Fsp3) is 0.267. The highest BCUT2D eigenvalue weighted by Crippen LogP contribution is 2.31. The van der Waals surface area contributed by atoms with Gasteiger partial charge in [-0.25, -0.2) is 0 Å². The van der Waals surface area contributed by atoms with E-state index in [9.17, 15) is 0 Å². The Labute approximate surface area is 118 Å². The molecule has 1 aromatic carbocycles. The minimum Gasteiger partial charge on any atom is -0.495 e. The van der Waals surface area contributed by atoms with Gasteiger partial charge >= 0.3 is 0 Å². The lowest BCUT2D eigenvalue weighted by atomic mass is 10.0. The van der Waals surface area contributed by atoms with Crippen LogP contribution in [0, 0.1) is 0 Å². The van der Waals surface area contributed by atoms with Crippen molar-refractivity contribution in [3.05, 3.63) is 47.2 Å². The van der Waals surface area contributed by atoms with Crippen molar-refractivity contribution in [1.29, 1.82) is 0 Å². The molecule has 0 fully saturated rings. The van der Waals surface area contributed by atoms with Crippen molar-refractivity contribution >= 4 is 11.6 Å². The summed E-state index contributed by atoms with van der Waals surface area (Å²) < 4.78 is 10.8. The zero-order valence-corrected chi connectivity index (χ0v) is 11.9. The van der Waals surface area contributed by atoms with Gasteiger partial charge in [0, 0.05) is 11.1 Å². The SMILES string of the molecule is COc1cncc(Oc2ccc(C(C)C)c(Cl)c2)c1. The normalized spacial score (nSPS) is 10.6. The summed E-state index contributed by atoms with van der Waals surface area (Å²) in [6, 6.07) is 7.48. The lowest BCUT2D eigenvalue weighted by molar-refractivity contribution is 0.406. The first-order valence-electron chi connectivity index (χ1n) is 6.06. The Morgan fingerprint density at radius 2 is 1.79 bits per heavy atom. The van der Waals surface area contributed by atoms with Crippen molar-refractivity contribution in [3.63, 3.8) is 0 Å². The molecule has 2 aromatic rings. The largest absolute Gasteiger partial charge is 0.495 e. The standard InChI is InChI=1S/C15H16ClNO2/c1-10(2)14-5-4-11(7-15(14)16)19-13-6-12(18-3)8-17-9-13/h4-10H,1-3H3. The van der Waals surface area contributed by atoms with Gasteiger partial charge in [-0.05, 0) is 23.6 Å². The van der Waals surface area contributed by atoms with Gasteiger partial charge in [-0.1, -0.05) is 31.5 Å². The van der Waals surface area contributed by atoms with Crippen molar-refractivity contribution in [1.82, 2.24) is 4.98 Å². The molecule has 0 aliphatic heterocycles. The summed E-state index contributed by atoms with van der Waals surface area (Å²) in [6.07, 6.45) is 3.26. The third-order valence-corrected chi connectivity index (χ3v) is 3.08. The number of ether oxygens (including phenoxy) is 2. The molecule has 0 bridgehead atoms. The Morgan fingerprint density at radius 3 is 2.42 bits per heavy atom. The molecule has 0 saturated heterocycles. The summed E-state index contributed by atoms with van der Waals surface area (Å²) in [6.45, 7) is 4.21. The van der Waals surface area contributed by atoms with Crippen LogP contribution in [0.2, 0.25) is 5.02 Å². The molecule has 0 saturated carbocycles. The minimum absolute atomic E-state index is 0.389. The summed E-state index contributed by atoms with van der Waals surface area (Å²) >= 11 is 6.23. The predicted molar refractivity (Wildman–Crippen MR) is 76.4 cm³/mol. The van der Waals surface area contributed by atoms with E-state index in [4.69, 9.17) is 21.1 Å². The van der Waals surface area contributed by atoms with Gasteiger partial charge in [0.25, 0.3) is 0 Å². The number of aromatic nitrogens is 1. The van der Waals surface area contributed by atoms with Gasteiger partial charge in [0.05, 0.1) is 19.5 Å². The van der Waals surface area contributed by atoms with E-state index >= 15 is 0 Å². The fourth-order valence-electron chi connectivity index (χ4n) is 1.74. The number of benzene rings is 1. The molecule has 1 heterocycles. The molecule has 0 atom stereocenters. The lowest BCUT2D eigenvalue weighted by Crippen LogP contribution is -1.91. The number of hydrogen-bond acceptors (Lipinski definition) is 3. The molecule has 0 spiro atoms. The van der Waals surface area contributed by atoms with Crippen LogP contribution in [-0.4, -0.2) is 12.1 Å². The van der Waals surface area contributed by atoms with Crippen molar-refractivity contribution in [2.75, 3.05) is 7.11 Å². The Hall–Kier alpha value is -1.74. The molecule has 1 aromatic heterocycles. The van der Waals surface area contributed by atoms with Gasteiger partial charge in [-0.2, -0.15) is 0 Å². The third-order valence-electron chi connectivity index (χ3n) is 2.75. The topological polar surface area (TPSA) is 31.4 Å². The van der Waals surface area contributed by atoms with Crippen molar-refractivity contribution in [2.24, 2.45) is 0 Å². The minimum atomic E-state index is 0.389. The molecule has 0 amide bonds. The maximum absolute atomic E-state index is 6.23. The summed E-state index contributed by atoms with van der Waals surface area (Å²) in [5, 5.41) is 0.711. The third kappa shape index (κ3) is 3.38. The van der Waals surface area contributed by atoms with Crippen LogP contribution >= 0.6 is 11.6 Å². The maximum Gasteiger partial charge on any atom is 0.149 e. The van der Waals surface area contributed by atoms with E-state index in [0.717, 1.165) is 5.56 Å². The number of halogens is 1.